The zero-order valence-electron chi connectivity index (χ0n) is 19.6. The van der Waals surface area contributed by atoms with Gasteiger partial charge in [-0.2, -0.15) is 0 Å². The van der Waals surface area contributed by atoms with E-state index in [2.05, 4.69) is 13.8 Å². The molecular weight excluding hydrogens is 376 g/mol. The van der Waals surface area contributed by atoms with Gasteiger partial charge in [0, 0.05) is 17.9 Å². The van der Waals surface area contributed by atoms with Crippen LogP contribution in [-0.2, 0) is 0 Å². The number of hydrogen-bond donors (Lipinski definition) is 1. The average molecular weight is 421 g/mol. The van der Waals surface area contributed by atoms with Crippen LogP contribution in [0.5, 0.6) is 5.75 Å². The van der Waals surface area contributed by atoms with Crippen LogP contribution in [-0.4, -0.2) is 11.4 Å². The molecule has 0 amide bonds. The van der Waals surface area contributed by atoms with Crippen LogP contribution >= 0.6 is 0 Å². The van der Waals surface area contributed by atoms with Gasteiger partial charge in [0.1, 0.15) is 11.5 Å². The molecule has 2 rings (SSSR count). The number of aliphatic hydroxyl groups is 1. The minimum absolute atomic E-state index is 0.0191. The van der Waals surface area contributed by atoms with Crippen molar-refractivity contribution < 1.29 is 14.3 Å². The molecule has 3 unspecified atom stereocenters. The summed E-state index contributed by atoms with van der Waals surface area (Å²) in [6.45, 7) is 6.23. The normalized spacial score (nSPS) is 20.7. The van der Waals surface area contributed by atoms with Crippen molar-refractivity contribution in [2.45, 2.75) is 129 Å². The average Bonchev–Trinajstić information content (AvgIpc) is 2.70. The van der Waals surface area contributed by atoms with Crippen LogP contribution in [0.4, 0.5) is 0 Å². The summed E-state index contributed by atoms with van der Waals surface area (Å²) >= 11 is 0. The summed E-state index contributed by atoms with van der Waals surface area (Å²) in [5, 5.41) is 10.8. The maximum absolute atomic E-state index is 12.7. The van der Waals surface area contributed by atoms with Gasteiger partial charge in [0.15, 0.2) is 0 Å². The number of aliphatic hydroxyl groups excluding tert-OH is 1. The highest BCUT2D eigenvalue weighted by Crippen LogP contribution is 2.43. The van der Waals surface area contributed by atoms with Crippen molar-refractivity contribution in [1.29, 1.82) is 0 Å². The molecule has 2 heterocycles. The minimum Gasteiger partial charge on any atom is -0.464 e. The van der Waals surface area contributed by atoms with Gasteiger partial charge >= 0.3 is 5.63 Å². The molecule has 0 saturated carbocycles. The maximum atomic E-state index is 12.7. The summed E-state index contributed by atoms with van der Waals surface area (Å²) < 4.78 is 11.2. The largest absolute Gasteiger partial charge is 0.464 e. The van der Waals surface area contributed by atoms with Crippen LogP contribution in [0.25, 0.3) is 0 Å². The summed E-state index contributed by atoms with van der Waals surface area (Å²) in [5.74, 6) is 1.08. The number of rotatable bonds is 15. The summed E-state index contributed by atoms with van der Waals surface area (Å²) in [7, 11) is 0. The first kappa shape index (κ1) is 25.0. The lowest BCUT2D eigenvalue weighted by Crippen LogP contribution is -2.38. The standard InChI is InChI=1S/C26H44O4/c1-4-6-8-10-12-14-15-17-21-22(18-16-13-11-9-7-5-2)25(27)30-23-19-20(3)29-26(28)24(21)23/h19,21-22,25,27H,4-18H2,1-3H3. The van der Waals surface area contributed by atoms with Gasteiger partial charge < -0.3 is 14.3 Å². The molecule has 0 aromatic carbocycles. The highest BCUT2D eigenvalue weighted by Gasteiger charge is 2.39. The van der Waals surface area contributed by atoms with Crippen LogP contribution in [0.1, 0.15) is 127 Å². The molecule has 1 aromatic rings. The molecule has 0 radical (unpaired) electrons. The van der Waals surface area contributed by atoms with Gasteiger partial charge in [0.25, 0.3) is 0 Å². The van der Waals surface area contributed by atoms with E-state index < -0.39 is 6.29 Å². The van der Waals surface area contributed by atoms with Gasteiger partial charge in [-0.05, 0) is 19.8 Å². The lowest BCUT2D eigenvalue weighted by molar-refractivity contribution is -0.0882. The van der Waals surface area contributed by atoms with Crippen LogP contribution < -0.4 is 10.4 Å². The van der Waals surface area contributed by atoms with Crippen molar-refractivity contribution in [3.63, 3.8) is 0 Å². The highest BCUT2D eigenvalue weighted by atomic mass is 16.6. The minimum atomic E-state index is -0.830. The Morgan fingerprint density at radius 3 is 1.97 bits per heavy atom. The third-order valence-corrected chi connectivity index (χ3v) is 6.58. The molecule has 0 bridgehead atoms. The smallest absolute Gasteiger partial charge is 0.343 e. The van der Waals surface area contributed by atoms with E-state index in [1.54, 1.807) is 13.0 Å². The van der Waals surface area contributed by atoms with E-state index in [1.807, 2.05) is 0 Å². The molecule has 1 aliphatic rings. The quantitative estimate of drug-likeness (QED) is 0.304. The van der Waals surface area contributed by atoms with E-state index >= 15 is 0 Å². The van der Waals surface area contributed by atoms with E-state index in [1.165, 1.54) is 70.6 Å². The first-order valence-electron chi connectivity index (χ1n) is 12.6. The summed E-state index contributed by atoms with van der Waals surface area (Å²) in [6, 6.07) is 1.76. The van der Waals surface area contributed by atoms with E-state index in [0.29, 0.717) is 17.1 Å². The van der Waals surface area contributed by atoms with Crippen LogP contribution in [0, 0.1) is 12.8 Å². The second-order valence-corrected chi connectivity index (χ2v) is 9.17. The SMILES string of the molecule is CCCCCCCCCC1c2c(cc(C)oc2=O)OC(O)C1CCCCCCCC. The Balaban J connectivity index is 1.99. The Hall–Kier alpha value is -1.29. The molecule has 4 nitrogen and oxygen atoms in total. The lowest BCUT2D eigenvalue weighted by atomic mass is 9.77. The van der Waals surface area contributed by atoms with Crippen LogP contribution in [0.2, 0.25) is 0 Å². The highest BCUT2D eigenvalue weighted by molar-refractivity contribution is 5.37. The van der Waals surface area contributed by atoms with Gasteiger partial charge in [0.2, 0.25) is 6.29 Å². The van der Waals surface area contributed by atoms with Gasteiger partial charge in [-0.15, -0.1) is 0 Å². The van der Waals surface area contributed by atoms with Crippen molar-refractivity contribution >= 4 is 0 Å². The molecule has 0 aliphatic carbocycles. The van der Waals surface area contributed by atoms with Gasteiger partial charge in [-0.1, -0.05) is 97.3 Å². The zero-order valence-corrected chi connectivity index (χ0v) is 19.6. The number of unbranched alkanes of at least 4 members (excludes halogenated alkanes) is 11. The molecule has 1 N–H and O–H groups in total. The van der Waals surface area contributed by atoms with Crippen LogP contribution in [0.15, 0.2) is 15.3 Å². The molecule has 1 aliphatic heterocycles. The van der Waals surface area contributed by atoms with E-state index in [4.69, 9.17) is 9.15 Å². The molecule has 0 spiro atoms. The fourth-order valence-electron chi connectivity index (χ4n) is 4.84. The van der Waals surface area contributed by atoms with Crippen molar-refractivity contribution in [3.05, 3.63) is 27.8 Å². The third kappa shape index (κ3) is 7.76. The molecule has 30 heavy (non-hydrogen) atoms. The number of hydrogen-bond acceptors (Lipinski definition) is 4. The maximum Gasteiger partial charge on any atom is 0.343 e. The molecule has 4 heteroatoms. The Labute approximate surface area is 183 Å². The summed E-state index contributed by atoms with van der Waals surface area (Å²) in [4.78, 5) is 12.7. The van der Waals surface area contributed by atoms with Crippen molar-refractivity contribution in [3.8, 4) is 5.75 Å². The van der Waals surface area contributed by atoms with Crippen LogP contribution in [0.3, 0.4) is 0 Å². The fourth-order valence-corrected chi connectivity index (χ4v) is 4.84. The second-order valence-electron chi connectivity index (χ2n) is 9.17. The summed E-state index contributed by atoms with van der Waals surface area (Å²) in [5.41, 5.74) is 0.380. The molecule has 172 valence electrons. The van der Waals surface area contributed by atoms with Gasteiger partial charge in [-0.3, -0.25) is 0 Å². The Morgan fingerprint density at radius 1 is 0.833 bits per heavy atom. The Morgan fingerprint density at radius 2 is 1.37 bits per heavy atom. The van der Waals surface area contributed by atoms with Crippen molar-refractivity contribution in [2.24, 2.45) is 5.92 Å². The number of fused-ring (bicyclic) bond motifs is 1. The van der Waals surface area contributed by atoms with Gasteiger partial charge in [-0.25, -0.2) is 4.79 Å². The van der Waals surface area contributed by atoms with E-state index in [9.17, 15) is 9.90 Å². The van der Waals surface area contributed by atoms with E-state index in [0.717, 1.165) is 25.7 Å². The lowest BCUT2D eigenvalue weighted by Gasteiger charge is -2.36. The number of ether oxygens (including phenoxy) is 1. The third-order valence-electron chi connectivity index (χ3n) is 6.58. The van der Waals surface area contributed by atoms with E-state index in [-0.39, 0.29) is 17.5 Å². The first-order valence-corrected chi connectivity index (χ1v) is 12.6. The molecule has 0 fully saturated rings. The topological polar surface area (TPSA) is 59.7 Å². The summed E-state index contributed by atoms with van der Waals surface area (Å²) in [6.07, 6.45) is 17.1. The van der Waals surface area contributed by atoms with Gasteiger partial charge in [0.05, 0.1) is 5.56 Å². The predicted octanol–water partition coefficient (Wildman–Crippen LogP) is 7.25. The van der Waals surface area contributed by atoms with Crippen molar-refractivity contribution in [2.75, 3.05) is 0 Å². The number of aryl methyl sites for hydroxylation is 1. The first-order chi connectivity index (χ1) is 14.6. The second kappa shape index (κ2) is 13.9. The Bertz CT molecular complexity index is 651. The van der Waals surface area contributed by atoms with Crippen molar-refractivity contribution in [1.82, 2.24) is 0 Å². The predicted molar refractivity (Wildman–Crippen MR) is 123 cm³/mol. The zero-order chi connectivity index (χ0) is 21.8. The molecule has 0 saturated heterocycles. The Kier molecular flexibility index (Phi) is 11.6. The molecular formula is C26H44O4. The monoisotopic (exact) mass is 420 g/mol. The molecule has 3 atom stereocenters. The molecule has 1 aromatic heterocycles. The fraction of sp³-hybridized carbons (Fsp3) is 0.808.